The Bertz CT molecular complexity index is 1930. The van der Waals surface area contributed by atoms with Crippen molar-refractivity contribution in [3.05, 3.63) is 64.9 Å². The first kappa shape index (κ1) is 44.2. The lowest BCUT2D eigenvalue weighted by Gasteiger charge is -2.57. The molecule has 1 saturated carbocycles. The fourth-order valence-electron chi connectivity index (χ4n) is 9.39. The highest BCUT2D eigenvalue weighted by Crippen LogP contribution is 2.53. The van der Waals surface area contributed by atoms with E-state index in [0.29, 0.717) is 38.1 Å². The number of carbonyl (C=O) groups is 4. The van der Waals surface area contributed by atoms with Crippen LogP contribution in [0.5, 0.6) is 0 Å². The summed E-state index contributed by atoms with van der Waals surface area (Å²) in [4.78, 5) is 70.0. The van der Waals surface area contributed by atoms with Crippen LogP contribution in [0.25, 0.3) is 10.4 Å². The van der Waals surface area contributed by atoms with E-state index >= 15 is 0 Å². The SMILES string of the molecule is Cc1ncsc1-c1ccc([C@H](C)NC(=O)[C@@H]2CCCN2C(=O)[C@@H](NC(=O)COCCN2CCN(c3ccc(C(=O)NC4C(C)(C)CC4(C)C)cn3)CC2)C(C)(C)C)cc1. The largest absolute Gasteiger partial charge is 0.370 e. The van der Waals surface area contributed by atoms with Crippen LogP contribution < -0.4 is 20.9 Å². The van der Waals surface area contributed by atoms with E-state index in [1.807, 2.05) is 76.5 Å². The van der Waals surface area contributed by atoms with Gasteiger partial charge in [-0.1, -0.05) is 72.7 Å². The van der Waals surface area contributed by atoms with Gasteiger partial charge in [0.25, 0.3) is 5.91 Å². The van der Waals surface area contributed by atoms with Gasteiger partial charge >= 0.3 is 0 Å². The first-order chi connectivity index (χ1) is 27.8. The summed E-state index contributed by atoms with van der Waals surface area (Å²) in [5.41, 5.74) is 5.04. The Hall–Kier alpha value is -4.40. The molecule has 2 aliphatic heterocycles. The number of rotatable bonds is 14. The van der Waals surface area contributed by atoms with Crippen LogP contribution in [0.15, 0.2) is 48.1 Å². The number of aryl methyl sites for hydroxylation is 1. The summed E-state index contributed by atoms with van der Waals surface area (Å²) in [6.45, 7) is 23.0. The molecule has 0 radical (unpaired) electrons. The number of anilines is 1. The van der Waals surface area contributed by atoms with Crippen LogP contribution in [0.3, 0.4) is 0 Å². The number of hydrogen-bond acceptors (Lipinski definition) is 10. The molecule has 1 aromatic carbocycles. The van der Waals surface area contributed by atoms with Crippen LogP contribution in [0, 0.1) is 23.2 Å². The van der Waals surface area contributed by atoms with E-state index in [-0.39, 0.29) is 53.1 Å². The Morgan fingerprint density at radius 1 is 0.932 bits per heavy atom. The minimum atomic E-state index is -0.820. The van der Waals surface area contributed by atoms with Crippen LogP contribution in [0.1, 0.15) is 102 Å². The molecule has 3 N–H and O–H groups in total. The van der Waals surface area contributed by atoms with Crippen molar-refractivity contribution in [3.8, 4) is 10.4 Å². The average Bonchev–Trinajstić information content (AvgIpc) is 3.86. The highest BCUT2D eigenvalue weighted by molar-refractivity contribution is 7.13. The van der Waals surface area contributed by atoms with E-state index in [4.69, 9.17) is 4.74 Å². The maximum atomic E-state index is 14.0. The van der Waals surface area contributed by atoms with Gasteiger partial charge in [0.05, 0.1) is 34.3 Å². The maximum Gasteiger partial charge on any atom is 0.253 e. The van der Waals surface area contributed by atoms with Crippen molar-refractivity contribution >= 4 is 40.8 Å². The Kier molecular flexibility index (Phi) is 13.5. The van der Waals surface area contributed by atoms with Gasteiger partial charge in [0, 0.05) is 51.5 Å². The molecule has 4 amide bonds. The minimum absolute atomic E-state index is 0.0801. The van der Waals surface area contributed by atoms with Gasteiger partial charge in [-0.25, -0.2) is 9.97 Å². The van der Waals surface area contributed by atoms with Gasteiger partial charge < -0.3 is 30.5 Å². The molecule has 320 valence electrons. The van der Waals surface area contributed by atoms with Gasteiger partial charge in [-0.15, -0.1) is 11.3 Å². The van der Waals surface area contributed by atoms with Crippen molar-refractivity contribution in [1.29, 1.82) is 0 Å². The predicted molar refractivity (Wildman–Crippen MR) is 232 cm³/mol. The van der Waals surface area contributed by atoms with E-state index in [0.717, 1.165) is 60.1 Å². The summed E-state index contributed by atoms with van der Waals surface area (Å²) in [6.07, 6.45) is 4.02. The normalized spacial score (nSPS) is 20.4. The van der Waals surface area contributed by atoms with Crippen LogP contribution >= 0.6 is 11.3 Å². The van der Waals surface area contributed by atoms with E-state index in [9.17, 15) is 19.2 Å². The molecule has 4 heterocycles. The van der Waals surface area contributed by atoms with Crippen molar-refractivity contribution in [2.24, 2.45) is 16.2 Å². The highest BCUT2D eigenvalue weighted by Gasteiger charge is 2.53. The van der Waals surface area contributed by atoms with Gasteiger partial charge in [0.1, 0.15) is 24.5 Å². The molecule has 0 spiro atoms. The van der Waals surface area contributed by atoms with Crippen LogP contribution in [0.4, 0.5) is 5.82 Å². The number of nitrogens with one attached hydrogen (secondary N) is 3. The summed E-state index contributed by atoms with van der Waals surface area (Å²) in [6, 6.07) is 10.4. The van der Waals surface area contributed by atoms with Gasteiger partial charge in [0.2, 0.25) is 17.7 Å². The predicted octanol–water partition coefficient (Wildman–Crippen LogP) is 5.61. The lowest BCUT2D eigenvalue weighted by molar-refractivity contribution is -0.144. The van der Waals surface area contributed by atoms with E-state index in [1.165, 1.54) is 0 Å². The molecule has 0 unspecified atom stereocenters. The molecule has 3 atom stereocenters. The number of ether oxygens (including phenoxy) is 1. The number of likely N-dealkylation sites (tertiary alicyclic amines) is 1. The van der Waals surface area contributed by atoms with Gasteiger partial charge in [-0.05, 0) is 72.6 Å². The number of aromatic nitrogens is 2. The third-order valence-corrected chi connectivity index (χ3v) is 13.3. The number of hydrogen-bond donors (Lipinski definition) is 3. The van der Waals surface area contributed by atoms with Gasteiger partial charge in [-0.3, -0.25) is 24.1 Å². The quantitative estimate of drug-likeness (QED) is 0.177. The third-order valence-electron chi connectivity index (χ3n) is 12.3. The Balaban J connectivity index is 0.919. The first-order valence-electron chi connectivity index (χ1n) is 21.1. The summed E-state index contributed by atoms with van der Waals surface area (Å²) in [5.74, 6) is -0.0496. The topological polar surface area (TPSA) is 149 Å². The summed E-state index contributed by atoms with van der Waals surface area (Å²) in [7, 11) is 0. The van der Waals surface area contributed by atoms with Crippen LogP contribution in [-0.2, 0) is 19.1 Å². The Morgan fingerprint density at radius 3 is 2.22 bits per heavy atom. The lowest BCUT2D eigenvalue weighted by atomic mass is 9.52. The Labute approximate surface area is 354 Å². The minimum Gasteiger partial charge on any atom is -0.370 e. The third kappa shape index (κ3) is 10.5. The first-order valence-corrected chi connectivity index (χ1v) is 21.9. The number of pyridine rings is 1. The van der Waals surface area contributed by atoms with Crippen LogP contribution in [-0.4, -0.2) is 114 Å². The number of amides is 4. The van der Waals surface area contributed by atoms with Crippen molar-refractivity contribution in [2.75, 3.05) is 57.4 Å². The molecule has 1 aliphatic carbocycles. The second kappa shape index (κ2) is 18.1. The number of benzene rings is 1. The average molecular weight is 829 g/mol. The molecule has 3 aromatic rings. The molecule has 3 aliphatic rings. The van der Waals surface area contributed by atoms with E-state index in [1.54, 1.807) is 22.4 Å². The molecule has 2 aromatic heterocycles. The monoisotopic (exact) mass is 828 g/mol. The van der Waals surface area contributed by atoms with E-state index < -0.39 is 17.5 Å². The molecule has 59 heavy (non-hydrogen) atoms. The lowest BCUT2D eigenvalue weighted by Crippen LogP contribution is -2.63. The molecule has 6 rings (SSSR count). The molecular weight excluding hydrogens is 765 g/mol. The molecular formula is C45H64N8O5S. The Morgan fingerprint density at radius 2 is 1.63 bits per heavy atom. The number of piperazine rings is 1. The summed E-state index contributed by atoms with van der Waals surface area (Å²) < 4.78 is 5.80. The van der Waals surface area contributed by atoms with Crippen LogP contribution in [0.2, 0.25) is 0 Å². The zero-order valence-electron chi connectivity index (χ0n) is 36.4. The van der Waals surface area contributed by atoms with Crippen molar-refractivity contribution in [2.45, 2.75) is 106 Å². The van der Waals surface area contributed by atoms with Gasteiger partial charge in [0.15, 0.2) is 0 Å². The zero-order chi connectivity index (χ0) is 42.7. The second-order valence-corrected chi connectivity index (χ2v) is 19.9. The van der Waals surface area contributed by atoms with Crippen molar-refractivity contribution < 1.29 is 23.9 Å². The van der Waals surface area contributed by atoms with Gasteiger partial charge in [-0.2, -0.15) is 0 Å². The molecule has 2 saturated heterocycles. The molecule has 0 bridgehead atoms. The fourth-order valence-corrected chi connectivity index (χ4v) is 10.2. The zero-order valence-corrected chi connectivity index (χ0v) is 37.2. The molecule has 14 heteroatoms. The van der Waals surface area contributed by atoms with Crippen molar-refractivity contribution in [3.63, 3.8) is 0 Å². The van der Waals surface area contributed by atoms with Crippen molar-refractivity contribution in [1.82, 2.24) is 35.7 Å². The molecule has 13 nitrogen and oxygen atoms in total. The summed E-state index contributed by atoms with van der Waals surface area (Å²) >= 11 is 1.60. The van der Waals surface area contributed by atoms with E-state index in [2.05, 4.69) is 63.4 Å². The number of nitrogens with zero attached hydrogens (tertiary/aromatic N) is 5. The maximum absolute atomic E-state index is 14.0. The smallest absolute Gasteiger partial charge is 0.253 e. The highest BCUT2D eigenvalue weighted by atomic mass is 32.1. The number of thiazole rings is 1. The molecule has 3 fully saturated rings. The second-order valence-electron chi connectivity index (χ2n) is 19.0. The summed E-state index contributed by atoms with van der Waals surface area (Å²) in [5, 5.41) is 9.29. The fraction of sp³-hybridized carbons (Fsp3) is 0.600. The number of carbonyl (C=O) groups excluding carboxylic acids is 4. The standard InChI is InChI=1S/C45H64N8O5S/c1-29(31-12-14-32(15-13-31)37-30(2)47-28-59-37)48-40(56)34-11-10-18-53(34)41(57)38(43(3,4)5)49-36(54)26-58-24-23-51-19-21-52(22-20-51)35-17-16-33(25-46-35)39(55)50-42-44(6,7)27-45(42,8)9/h12-17,25,28-29,34,38,42H,10-11,18-24,26-27H2,1-9H3,(H,48,56)(H,49,54)(H,50,55)/t29-,34-,38+/m0/s1.